The van der Waals surface area contributed by atoms with Gasteiger partial charge in [0.25, 0.3) is 8.32 Å². The Labute approximate surface area is 192 Å². The molecule has 0 unspecified atom stereocenters. The Bertz CT molecular complexity index is 912. The zero-order valence-corrected chi connectivity index (χ0v) is 20.3. The predicted molar refractivity (Wildman–Crippen MR) is 134 cm³/mol. The fraction of sp³-hybridized carbons (Fsp3) is 0.250. The SMILES string of the molecule is CCOC(=O)/C=C/[C@H](O[Si](c1ccccc1)(c1ccccc1)c1ccccc1)C(C)(C)C. The molecule has 166 valence electrons. The molecule has 0 amide bonds. The van der Waals surface area contributed by atoms with E-state index in [1.54, 1.807) is 0 Å². The number of esters is 1. The highest BCUT2D eigenvalue weighted by Crippen LogP contribution is 2.27. The average Bonchev–Trinajstić information content (AvgIpc) is 2.80. The minimum absolute atomic E-state index is 0.237. The number of rotatable bonds is 8. The maximum atomic E-state index is 12.1. The summed E-state index contributed by atoms with van der Waals surface area (Å²) in [6.45, 7) is 8.55. The Morgan fingerprint density at radius 2 is 1.22 bits per heavy atom. The minimum Gasteiger partial charge on any atom is -0.463 e. The summed E-state index contributed by atoms with van der Waals surface area (Å²) in [6, 6.07) is 31.4. The lowest BCUT2D eigenvalue weighted by atomic mass is 9.89. The summed E-state index contributed by atoms with van der Waals surface area (Å²) in [5.41, 5.74) is -0.237. The molecule has 0 fully saturated rings. The molecule has 0 aromatic heterocycles. The fourth-order valence-corrected chi connectivity index (χ4v) is 7.98. The molecule has 0 saturated carbocycles. The van der Waals surface area contributed by atoms with Crippen LogP contribution < -0.4 is 15.6 Å². The summed E-state index contributed by atoms with van der Waals surface area (Å²) < 4.78 is 12.4. The third-order valence-electron chi connectivity index (χ3n) is 5.39. The molecule has 0 aliphatic heterocycles. The molecule has 3 aromatic carbocycles. The second kappa shape index (κ2) is 10.6. The Hall–Kier alpha value is -2.95. The van der Waals surface area contributed by atoms with E-state index < -0.39 is 8.32 Å². The Morgan fingerprint density at radius 1 is 0.812 bits per heavy atom. The second-order valence-electron chi connectivity index (χ2n) is 8.79. The Kier molecular flexibility index (Phi) is 7.83. The van der Waals surface area contributed by atoms with Gasteiger partial charge in [0.1, 0.15) is 0 Å². The van der Waals surface area contributed by atoms with E-state index in [0.717, 1.165) is 15.6 Å². The zero-order valence-electron chi connectivity index (χ0n) is 19.3. The topological polar surface area (TPSA) is 35.5 Å². The molecule has 0 N–H and O–H groups in total. The number of carbonyl (C=O) groups excluding carboxylic acids is 1. The predicted octanol–water partition coefficient (Wildman–Crippen LogP) is 4.20. The van der Waals surface area contributed by atoms with Crippen molar-refractivity contribution in [3.63, 3.8) is 0 Å². The van der Waals surface area contributed by atoms with Crippen LogP contribution in [-0.2, 0) is 14.0 Å². The van der Waals surface area contributed by atoms with Crippen molar-refractivity contribution in [1.82, 2.24) is 0 Å². The monoisotopic (exact) mass is 444 g/mol. The summed E-state index contributed by atoms with van der Waals surface area (Å²) >= 11 is 0. The van der Waals surface area contributed by atoms with E-state index in [1.807, 2.05) is 31.2 Å². The van der Waals surface area contributed by atoms with Crippen molar-refractivity contribution in [2.24, 2.45) is 5.41 Å². The van der Waals surface area contributed by atoms with E-state index in [-0.39, 0.29) is 17.5 Å². The van der Waals surface area contributed by atoms with Crippen LogP contribution in [-0.4, -0.2) is 27.0 Å². The van der Waals surface area contributed by atoms with Gasteiger partial charge in [0.2, 0.25) is 0 Å². The number of carbonyl (C=O) groups is 1. The highest BCUT2D eigenvalue weighted by molar-refractivity contribution is 7.07. The van der Waals surface area contributed by atoms with E-state index in [9.17, 15) is 4.79 Å². The summed E-state index contributed by atoms with van der Waals surface area (Å²) in [4.78, 5) is 12.1. The molecule has 0 saturated heterocycles. The Morgan fingerprint density at radius 3 is 1.56 bits per heavy atom. The Balaban J connectivity index is 2.22. The van der Waals surface area contributed by atoms with Crippen molar-refractivity contribution in [3.05, 3.63) is 103 Å². The van der Waals surface area contributed by atoms with Crippen LogP contribution in [0.2, 0.25) is 0 Å². The van der Waals surface area contributed by atoms with Crippen LogP contribution in [0.5, 0.6) is 0 Å². The van der Waals surface area contributed by atoms with Gasteiger partial charge in [-0.3, -0.25) is 0 Å². The first-order valence-electron chi connectivity index (χ1n) is 11.1. The quantitative estimate of drug-likeness (QED) is 0.226. The molecule has 3 rings (SSSR count). The van der Waals surface area contributed by atoms with Crippen LogP contribution in [0.25, 0.3) is 0 Å². The lowest BCUT2D eigenvalue weighted by Gasteiger charge is -2.40. The molecule has 0 aliphatic rings. The second-order valence-corrected chi connectivity index (χ2v) is 12.1. The molecule has 0 bridgehead atoms. The van der Waals surface area contributed by atoms with Gasteiger partial charge < -0.3 is 9.16 Å². The standard InChI is InChI=1S/C28H32O3Si/c1-5-30-27(29)22-21-26(28(2,3)4)31-32(23-15-9-6-10-16-23,24-17-11-7-12-18-24)25-19-13-8-14-20-25/h6-22,26H,5H2,1-4H3/b22-21+/t26-/m0/s1. The van der Waals surface area contributed by atoms with Crippen molar-refractivity contribution in [2.75, 3.05) is 6.61 Å². The largest absolute Gasteiger partial charge is 0.463 e. The maximum absolute atomic E-state index is 12.1. The van der Waals surface area contributed by atoms with Gasteiger partial charge in [-0.15, -0.1) is 0 Å². The molecule has 3 nitrogen and oxygen atoms in total. The normalized spacial score (nSPS) is 13.1. The van der Waals surface area contributed by atoms with Crippen LogP contribution in [0.15, 0.2) is 103 Å². The van der Waals surface area contributed by atoms with Gasteiger partial charge >= 0.3 is 5.97 Å². The summed E-state index contributed by atoms with van der Waals surface area (Å²) in [5.74, 6) is -0.350. The number of hydrogen-bond acceptors (Lipinski definition) is 3. The lowest BCUT2D eigenvalue weighted by molar-refractivity contribution is -0.137. The molecular formula is C28H32O3Si. The molecule has 32 heavy (non-hydrogen) atoms. The number of benzene rings is 3. The summed E-state index contributed by atoms with van der Waals surface area (Å²) in [6.07, 6.45) is 3.05. The van der Waals surface area contributed by atoms with Gasteiger partial charge in [-0.05, 0) is 34.0 Å². The first-order valence-corrected chi connectivity index (χ1v) is 13.0. The highest BCUT2D eigenvalue weighted by atomic mass is 28.4. The summed E-state index contributed by atoms with van der Waals surface area (Å²) in [7, 11) is -2.89. The first-order chi connectivity index (χ1) is 15.4. The van der Waals surface area contributed by atoms with Crippen LogP contribution in [0.3, 0.4) is 0 Å². The minimum atomic E-state index is -2.89. The highest BCUT2D eigenvalue weighted by Gasteiger charge is 2.45. The first kappa shape index (κ1) is 23.7. The molecule has 0 heterocycles. The number of hydrogen-bond donors (Lipinski definition) is 0. The van der Waals surface area contributed by atoms with Gasteiger partial charge in [-0.2, -0.15) is 0 Å². The molecule has 3 aromatic rings. The van der Waals surface area contributed by atoms with Crippen molar-refractivity contribution in [3.8, 4) is 0 Å². The van der Waals surface area contributed by atoms with Crippen molar-refractivity contribution < 1.29 is 14.0 Å². The van der Waals surface area contributed by atoms with Gasteiger partial charge in [-0.25, -0.2) is 4.79 Å². The van der Waals surface area contributed by atoms with Gasteiger partial charge in [0.15, 0.2) is 0 Å². The van der Waals surface area contributed by atoms with Gasteiger partial charge in [-0.1, -0.05) is 112 Å². The van der Waals surface area contributed by atoms with E-state index >= 15 is 0 Å². The van der Waals surface area contributed by atoms with Crippen molar-refractivity contribution in [2.45, 2.75) is 33.8 Å². The smallest absolute Gasteiger partial charge is 0.330 e. The number of ether oxygens (including phenoxy) is 1. The van der Waals surface area contributed by atoms with E-state index in [4.69, 9.17) is 9.16 Å². The average molecular weight is 445 g/mol. The molecule has 0 spiro atoms. The van der Waals surface area contributed by atoms with Crippen molar-refractivity contribution in [1.29, 1.82) is 0 Å². The van der Waals surface area contributed by atoms with Crippen LogP contribution in [0, 0.1) is 5.41 Å². The van der Waals surface area contributed by atoms with Crippen LogP contribution >= 0.6 is 0 Å². The molecule has 0 aliphatic carbocycles. The third kappa shape index (κ3) is 5.45. The fourth-order valence-electron chi connectivity index (χ4n) is 3.77. The molecule has 4 heteroatoms. The lowest BCUT2D eigenvalue weighted by Crippen LogP contribution is -2.71. The summed E-state index contributed by atoms with van der Waals surface area (Å²) in [5, 5.41) is 3.49. The van der Waals surface area contributed by atoms with E-state index in [0.29, 0.717) is 6.61 Å². The molecule has 0 radical (unpaired) electrons. The maximum Gasteiger partial charge on any atom is 0.330 e. The van der Waals surface area contributed by atoms with E-state index in [2.05, 4.69) is 93.6 Å². The van der Waals surface area contributed by atoms with Gasteiger partial charge in [0.05, 0.1) is 12.7 Å². The van der Waals surface area contributed by atoms with E-state index in [1.165, 1.54) is 6.08 Å². The third-order valence-corrected chi connectivity index (χ3v) is 9.44. The van der Waals surface area contributed by atoms with Crippen molar-refractivity contribution >= 4 is 29.8 Å². The van der Waals surface area contributed by atoms with Crippen LogP contribution in [0.4, 0.5) is 0 Å². The van der Waals surface area contributed by atoms with Gasteiger partial charge in [0, 0.05) is 6.08 Å². The molecule has 1 atom stereocenters. The van der Waals surface area contributed by atoms with Crippen LogP contribution in [0.1, 0.15) is 27.7 Å². The zero-order chi connectivity index (χ0) is 23.0. The molecular weight excluding hydrogens is 412 g/mol.